The second kappa shape index (κ2) is 12.1. The molecule has 1 aliphatic rings. The number of fused-ring (bicyclic) bond motifs is 4. The first kappa shape index (κ1) is 32.7. The van der Waals surface area contributed by atoms with Gasteiger partial charge >= 0.3 is 0 Å². The topological polar surface area (TPSA) is 93.8 Å². The van der Waals surface area contributed by atoms with E-state index in [0.29, 0.717) is 44.6 Å². The van der Waals surface area contributed by atoms with E-state index in [1.165, 1.54) is 49.0 Å². The van der Waals surface area contributed by atoms with Crippen LogP contribution in [0.15, 0.2) is 77.7 Å². The van der Waals surface area contributed by atoms with Crippen LogP contribution in [-0.2, 0) is 16.6 Å². The molecular formula is C36H32F3N3O5S. The molecule has 0 bridgehead atoms. The molecule has 48 heavy (non-hydrogen) atoms. The molecule has 0 aliphatic carbocycles. The lowest BCUT2D eigenvalue weighted by molar-refractivity contribution is -0.0555. The Morgan fingerprint density at radius 3 is 2.42 bits per heavy atom. The van der Waals surface area contributed by atoms with E-state index in [1.54, 1.807) is 55.5 Å². The van der Waals surface area contributed by atoms with E-state index in [4.69, 9.17) is 9.15 Å². The second-order valence-electron chi connectivity index (χ2n) is 11.5. The summed E-state index contributed by atoms with van der Waals surface area (Å²) in [5.74, 6) is -3.72. The van der Waals surface area contributed by atoms with Crippen LogP contribution in [-0.4, -0.2) is 51.8 Å². The van der Waals surface area contributed by atoms with E-state index in [1.807, 2.05) is 0 Å². The third kappa shape index (κ3) is 5.76. The quantitative estimate of drug-likeness (QED) is 0.190. The third-order valence-corrected chi connectivity index (χ3v) is 9.50. The Bertz CT molecular complexity index is 2240. The van der Waals surface area contributed by atoms with Crippen LogP contribution in [0.5, 0.6) is 5.75 Å². The van der Waals surface area contributed by atoms with E-state index in [-0.39, 0.29) is 28.3 Å². The van der Waals surface area contributed by atoms with Crippen molar-refractivity contribution in [1.82, 2.24) is 9.88 Å². The average Bonchev–Trinajstić information content (AvgIpc) is 3.59. The average molecular weight is 676 g/mol. The van der Waals surface area contributed by atoms with Gasteiger partial charge in [0.25, 0.3) is 11.8 Å². The molecule has 5 aromatic rings. The molecule has 0 fully saturated rings. The molecule has 0 spiro atoms. The van der Waals surface area contributed by atoms with Gasteiger partial charge in [0.2, 0.25) is 10.0 Å². The summed E-state index contributed by atoms with van der Waals surface area (Å²) in [6.07, 6.45) is 6.16. The molecule has 0 unspecified atom stereocenters. The Hall–Kier alpha value is -5.23. The molecule has 0 saturated carbocycles. The maximum absolute atomic E-state index is 15.1. The van der Waals surface area contributed by atoms with Gasteiger partial charge in [-0.3, -0.25) is 9.10 Å². The van der Waals surface area contributed by atoms with Crippen LogP contribution in [0.4, 0.5) is 18.9 Å². The molecule has 6 rings (SSSR count). The number of halogens is 3. The zero-order valence-electron chi connectivity index (χ0n) is 26.6. The number of amides is 1. The minimum atomic E-state index is -3.80. The maximum Gasteiger partial charge on any atom is 0.298 e. The number of rotatable bonds is 7. The van der Waals surface area contributed by atoms with Gasteiger partial charge in [0.05, 0.1) is 29.7 Å². The highest BCUT2D eigenvalue weighted by Crippen LogP contribution is 2.45. The van der Waals surface area contributed by atoms with Crippen LogP contribution < -0.4 is 14.4 Å². The van der Waals surface area contributed by atoms with Crippen molar-refractivity contribution in [1.29, 1.82) is 0 Å². The summed E-state index contributed by atoms with van der Waals surface area (Å²) in [5.41, 5.74) is 4.18. The summed E-state index contributed by atoms with van der Waals surface area (Å²) in [5, 5.41) is 3.00. The van der Waals surface area contributed by atoms with Gasteiger partial charge in [0.15, 0.2) is 6.61 Å². The Labute approximate surface area is 275 Å². The zero-order valence-corrected chi connectivity index (χ0v) is 27.4. The van der Waals surface area contributed by atoms with Gasteiger partial charge in [-0.2, -0.15) is 0 Å². The fourth-order valence-electron chi connectivity index (χ4n) is 5.93. The van der Waals surface area contributed by atoms with Crippen molar-refractivity contribution < 1.29 is 35.5 Å². The molecular weight excluding hydrogens is 643 g/mol. The molecule has 1 N–H and O–H groups in total. The molecule has 3 aromatic carbocycles. The summed E-state index contributed by atoms with van der Waals surface area (Å²) in [4.78, 5) is 13.3. The van der Waals surface area contributed by atoms with Crippen LogP contribution in [0.3, 0.4) is 0 Å². The summed E-state index contributed by atoms with van der Waals surface area (Å²) in [6, 6.07) is 15.4. The van der Waals surface area contributed by atoms with Crippen LogP contribution in [0.1, 0.15) is 28.5 Å². The highest BCUT2D eigenvalue weighted by atomic mass is 32.2. The Morgan fingerprint density at radius 2 is 1.77 bits per heavy atom. The lowest BCUT2D eigenvalue weighted by Crippen LogP contribution is -2.33. The normalized spacial score (nSPS) is 14.1. The molecule has 3 heterocycles. The number of allylic oxidation sites excluding steroid dienone is 1. The lowest BCUT2D eigenvalue weighted by Gasteiger charge is -2.26. The van der Waals surface area contributed by atoms with Gasteiger partial charge in [0, 0.05) is 47.9 Å². The van der Waals surface area contributed by atoms with Gasteiger partial charge in [-0.1, -0.05) is 24.8 Å². The number of nitrogens with one attached hydrogen (secondary N) is 1. The Balaban J connectivity index is 1.65. The number of nitrogens with zero attached hydrogens (tertiary/aromatic N) is 2. The molecule has 0 atom stereocenters. The number of aromatic nitrogens is 1. The van der Waals surface area contributed by atoms with E-state index < -0.39 is 40.8 Å². The lowest BCUT2D eigenvalue weighted by atomic mass is 9.96. The number of furan rings is 1. The molecule has 2 aromatic heterocycles. The van der Waals surface area contributed by atoms with Crippen molar-refractivity contribution in [3.63, 3.8) is 0 Å². The van der Waals surface area contributed by atoms with Gasteiger partial charge in [-0.05, 0) is 72.7 Å². The van der Waals surface area contributed by atoms with Crippen LogP contribution in [0, 0.1) is 5.82 Å². The molecule has 8 nitrogen and oxygen atoms in total. The molecule has 1 amide bonds. The number of carbonyl (C=O) groups excluding carboxylic acids is 1. The largest absolute Gasteiger partial charge is 0.487 e. The first-order chi connectivity index (χ1) is 22.8. The van der Waals surface area contributed by atoms with Gasteiger partial charge in [-0.15, -0.1) is 0 Å². The fourth-order valence-corrected chi connectivity index (χ4v) is 6.44. The second-order valence-corrected chi connectivity index (χ2v) is 13.5. The number of sulfonamides is 1. The van der Waals surface area contributed by atoms with Crippen LogP contribution in [0.25, 0.3) is 56.8 Å². The third-order valence-electron chi connectivity index (χ3n) is 8.31. The van der Waals surface area contributed by atoms with E-state index in [2.05, 4.69) is 11.9 Å². The maximum atomic E-state index is 15.1. The van der Waals surface area contributed by atoms with E-state index in [9.17, 15) is 17.6 Å². The summed E-state index contributed by atoms with van der Waals surface area (Å²) < 4.78 is 84.1. The van der Waals surface area contributed by atoms with E-state index >= 15 is 8.78 Å². The predicted molar refractivity (Wildman–Crippen MR) is 182 cm³/mol. The first-order valence-electron chi connectivity index (χ1n) is 14.9. The van der Waals surface area contributed by atoms with E-state index in [0.717, 1.165) is 10.6 Å². The van der Waals surface area contributed by atoms with Gasteiger partial charge < -0.3 is 19.0 Å². The summed E-state index contributed by atoms with van der Waals surface area (Å²) in [6.45, 7) is 4.19. The number of alkyl halides is 2. The zero-order chi connectivity index (χ0) is 34.5. The number of benzene rings is 3. The van der Waals surface area contributed by atoms with Crippen molar-refractivity contribution in [2.24, 2.45) is 0 Å². The minimum Gasteiger partial charge on any atom is -0.487 e. The summed E-state index contributed by atoms with van der Waals surface area (Å²) >= 11 is 0. The molecule has 0 saturated heterocycles. The number of anilines is 1. The Kier molecular flexibility index (Phi) is 8.24. The van der Waals surface area contributed by atoms with Crippen molar-refractivity contribution in [3.05, 3.63) is 96.0 Å². The van der Waals surface area contributed by atoms with Crippen molar-refractivity contribution >= 4 is 44.7 Å². The summed E-state index contributed by atoms with van der Waals surface area (Å²) in [7, 11) is -0.934. The van der Waals surface area contributed by atoms with Gasteiger partial charge in [-0.25, -0.2) is 21.6 Å². The number of hydrogen-bond acceptors (Lipinski definition) is 5. The number of hydrogen-bond donors (Lipinski definition) is 1. The number of ether oxygens (including phenoxy) is 1. The highest BCUT2D eigenvalue weighted by Gasteiger charge is 2.36. The first-order valence-corrected chi connectivity index (χ1v) is 16.8. The van der Waals surface area contributed by atoms with Crippen molar-refractivity contribution in [3.8, 4) is 39.5 Å². The Morgan fingerprint density at radius 1 is 1.06 bits per heavy atom. The van der Waals surface area contributed by atoms with Crippen molar-refractivity contribution in [2.45, 2.75) is 19.4 Å². The minimum absolute atomic E-state index is 0.172. The molecule has 12 heteroatoms. The van der Waals surface area contributed by atoms with Crippen LogP contribution in [0.2, 0.25) is 0 Å². The monoisotopic (exact) mass is 675 g/mol. The smallest absolute Gasteiger partial charge is 0.298 e. The molecule has 1 aliphatic heterocycles. The standard InChI is InChI=1S/C36H32F3N3O5S/c1-6-8-28-21(7-2)16-30-26-15-23(11-14-31(26)46-20-36(38,39)19-42(28)30)25-17-27-32(18-29(25)41(4)48(5,44)45)47-34(33(27)35(43)40-3)22-9-12-24(37)13-10-22/h6-18H,2,19-20H2,1,3-5H3,(H,40,43)/b8-6-. The SMILES string of the molecule is C=Cc1cc2n(c1/C=C\C)CC(F)(F)COc1ccc(-c3cc4c(C(=O)NC)c(-c5ccc(F)cc5)oc4cc3N(C)S(C)(=O)=O)cc1-2. The number of carbonyl (C=O) groups is 1. The molecule has 248 valence electrons. The van der Waals surface area contributed by atoms with Crippen molar-refractivity contribution in [2.75, 3.05) is 31.3 Å². The highest BCUT2D eigenvalue weighted by molar-refractivity contribution is 7.92. The predicted octanol–water partition coefficient (Wildman–Crippen LogP) is 7.83. The van der Waals surface area contributed by atoms with Crippen LogP contribution >= 0.6 is 0 Å². The fraction of sp³-hybridized carbons (Fsp3) is 0.194. The molecule has 0 radical (unpaired) electrons. The van der Waals surface area contributed by atoms with Gasteiger partial charge in [0.1, 0.15) is 22.9 Å².